The SMILES string of the molecule is Cc1ccn(CCc2c[nH]c3ccccc23)c(=O)c1C(=O)N(C)Cc1cscn1. The van der Waals surface area contributed by atoms with Crippen molar-refractivity contribution in [2.24, 2.45) is 0 Å². The van der Waals surface area contributed by atoms with Crippen LogP contribution in [0.3, 0.4) is 0 Å². The smallest absolute Gasteiger partial charge is 0.263 e. The van der Waals surface area contributed by atoms with Crippen molar-refractivity contribution >= 4 is 28.1 Å². The lowest BCUT2D eigenvalue weighted by Gasteiger charge is -2.18. The molecule has 148 valence electrons. The molecule has 0 saturated heterocycles. The maximum absolute atomic E-state index is 13.1. The van der Waals surface area contributed by atoms with Gasteiger partial charge in [0.2, 0.25) is 0 Å². The standard InChI is InChI=1S/C22H22N4O2S/c1-15-7-9-26(10-8-16-11-23-19-6-4-3-5-18(16)19)22(28)20(15)21(27)25(2)12-17-13-29-14-24-17/h3-7,9,11,13-14,23H,8,10,12H2,1-2H3. The van der Waals surface area contributed by atoms with Crippen molar-refractivity contribution in [1.82, 2.24) is 19.4 Å². The Hall–Kier alpha value is -3.19. The van der Waals surface area contributed by atoms with Gasteiger partial charge in [0.15, 0.2) is 0 Å². The number of para-hydroxylation sites is 1. The quantitative estimate of drug-likeness (QED) is 0.532. The monoisotopic (exact) mass is 406 g/mol. The Kier molecular flexibility index (Phi) is 5.31. The summed E-state index contributed by atoms with van der Waals surface area (Å²) >= 11 is 1.49. The molecule has 29 heavy (non-hydrogen) atoms. The van der Waals surface area contributed by atoms with E-state index in [4.69, 9.17) is 0 Å². The van der Waals surface area contributed by atoms with Gasteiger partial charge in [-0.15, -0.1) is 11.3 Å². The largest absolute Gasteiger partial charge is 0.361 e. The molecule has 0 aliphatic carbocycles. The molecular weight excluding hydrogens is 384 g/mol. The fraction of sp³-hybridized carbons (Fsp3) is 0.227. The first kappa shape index (κ1) is 19.1. The van der Waals surface area contributed by atoms with Crippen LogP contribution in [0.4, 0.5) is 0 Å². The van der Waals surface area contributed by atoms with Crippen molar-refractivity contribution in [3.8, 4) is 0 Å². The molecule has 7 heteroatoms. The van der Waals surface area contributed by atoms with E-state index in [1.807, 2.05) is 35.8 Å². The zero-order chi connectivity index (χ0) is 20.4. The fourth-order valence-electron chi connectivity index (χ4n) is 3.50. The van der Waals surface area contributed by atoms with Crippen LogP contribution in [0.25, 0.3) is 10.9 Å². The summed E-state index contributed by atoms with van der Waals surface area (Å²) in [6.45, 7) is 2.69. The normalized spacial score (nSPS) is 11.1. The van der Waals surface area contributed by atoms with E-state index in [0.29, 0.717) is 25.1 Å². The lowest BCUT2D eigenvalue weighted by Crippen LogP contribution is -2.35. The van der Waals surface area contributed by atoms with E-state index in [2.05, 4.69) is 16.0 Å². The second kappa shape index (κ2) is 8.05. The molecule has 4 rings (SSSR count). The first-order chi connectivity index (χ1) is 14.0. The summed E-state index contributed by atoms with van der Waals surface area (Å²) < 4.78 is 1.62. The maximum atomic E-state index is 13.1. The van der Waals surface area contributed by atoms with Crippen LogP contribution in [-0.4, -0.2) is 32.4 Å². The van der Waals surface area contributed by atoms with Gasteiger partial charge in [0, 0.05) is 42.3 Å². The number of fused-ring (bicyclic) bond motifs is 1. The van der Waals surface area contributed by atoms with Gasteiger partial charge in [-0.2, -0.15) is 0 Å². The molecule has 0 aliphatic heterocycles. The highest BCUT2D eigenvalue weighted by Crippen LogP contribution is 2.18. The van der Waals surface area contributed by atoms with Crippen LogP contribution in [-0.2, 0) is 19.5 Å². The molecular formula is C22H22N4O2S. The van der Waals surface area contributed by atoms with Crippen LogP contribution in [0.1, 0.15) is 27.2 Å². The summed E-state index contributed by atoms with van der Waals surface area (Å²) in [6.07, 6.45) is 4.45. The van der Waals surface area contributed by atoms with Crippen LogP contribution in [0.15, 0.2) is 58.4 Å². The van der Waals surface area contributed by atoms with Gasteiger partial charge in [0.1, 0.15) is 5.56 Å². The molecule has 3 aromatic heterocycles. The molecule has 1 N–H and O–H groups in total. The molecule has 3 heterocycles. The Morgan fingerprint density at radius 1 is 1.28 bits per heavy atom. The Labute approximate surface area is 172 Å². The highest BCUT2D eigenvalue weighted by molar-refractivity contribution is 7.07. The number of pyridine rings is 1. The van der Waals surface area contributed by atoms with Crippen molar-refractivity contribution in [1.29, 1.82) is 0 Å². The highest BCUT2D eigenvalue weighted by Gasteiger charge is 2.20. The molecule has 0 fully saturated rings. The lowest BCUT2D eigenvalue weighted by molar-refractivity contribution is 0.0780. The number of nitrogens with zero attached hydrogens (tertiary/aromatic N) is 3. The van der Waals surface area contributed by atoms with Gasteiger partial charge in [-0.1, -0.05) is 18.2 Å². The van der Waals surface area contributed by atoms with Crippen LogP contribution >= 0.6 is 11.3 Å². The van der Waals surface area contributed by atoms with Crippen molar-refractivity contribution in [3.63, 3.8) is 0 Å². The third kappa shape index (κ3) is 3.86. The molecule has 6 nitrogen and oxygen atoms in total. The molecule has 1 aromatic carbocycles. The number of H-pyrrole nitrogens is 1. The second-order valence-corrected chi connectivity index (χ2v) is 7.84. The Balaban J connectivity index is 1.56. The number of aryl methyl sites for hydroxylation is 3. The first-order valence-corrected chi connectivity index (χ1v) is 10.4. The summed E-state index contributed by atoms with van der Waals surface area (Å²) in [4.78, 5) is 35.0. The number of hydrogen-bond acceptors (Lipinski definition) is 4. The zero-order valence-electron chi connectivity index (χ0n) is 16.4. The summed E-state index contributed by atoms with van der Waals surface area (Å²) in [5, 5.41) is 3.06. The minimum absolute atomic E-state index is 0.226. The topological polar surface area (TPSA) is 71.0 Å². The van der Waals surface area contributed by atoms with Crippen molar-refractivity contribution in [2.45, 2.75) is 26.4 Å². The van der Waals surface area contributed by atoms with E-state index in [1.54, 1.807) is 35.1 Å². The van der Waals surface area contributed by atoms with Crippen molar-refractivity contribution in [2.75, 3.05) is 7.05 Å². The van der Waals surface area contributed by atoms with E-state index in [-0.39, 0.29) is 17.0 Å². The molecule has 0 bridgehead atoms. The van der Waals surface area contributed by atoms with E-state index in [0.717, 1.165) is 22.2 Å². The molecule has 0 spiro atoms. The summed E-state index contributed by atoms with van der Waals surface area (Å²) in [5.41, 5.74) is 5.45. The Morgan fingerprint density at radius 2 is 2.10 bits per heavy atom. The number of aromatic amines is 1. The van der Waals surface area contributed by atoms with Gasteiger partial charge in [-0.3, -0.25) is 9.59 Å². The number of nitrogens with one attached hydrogen (secondary N) is 1. The average molecular weight is 407 g/mol. The molecule has 0 radical (unpaired) electrons. The van der Waals surface area contributed by atoms with E-state index >= 15 is 0 Å². The maximum Gasteiger partial charge on any atom is 0.263 e. The van der Waals surface area contributed by atoms with Gasteiger partial charge in [-0.25, -0.2) is 4.98 Å². The third-order valence-electron chi connectivity index (χ3n) is 5.11. The number of thiazole rings is 1. The third-order valence-corrected chi connectivity index (χ3v) is 5.75. The summed E-state index contributed by atoms with van der Waals surface area (Å²) in [7, 11) is 1.70. The number of hydrogen-bond donors (Lipinski definition) is 1. The number of benzene rings is 1. The Bertz CT molecular complexity index is 1210. The van der Waals surface area contributed by atoms with E-state index < -0.39 is 0 Å². The van der Waals surface area contributed by atoms with Gasteiger partial charge in [0.25, 0.3) is 11.5 Å². The number of aromatic nitrogens is 3. The summed E-state index contributed by atoms with van der Waals surface area (Å²) in [5.74, 6) is -0.276. The lowest BCUT2D eigenvalue weighted by atomic mass is 10.1. The van der Waals surface area contributed by atoms with Gasteiger partial charge >= 0.3 is 0 Å². The van der Waals surface area contributed by atoms with Crippen LogP contribution in [0.2, 0.25) is 0 Å². The Morgan fingerprint density at radius 3 is 2.90 bits per heavy atom. The molecule has 1 amide bonds. The van der Waals surface area contributed by atoms with E-state index in [1.165, 1.54) is 11.3 Å². The zero-order valence-corrected chi connectivity index (χ0v) is 17.2. The predicted molar refractivity (Wildman–Crippen MR) is 115 cm³/mol. The van der Waals surface area contributed by atoms with Crippen LogP contribution in [0, 0.1) is 6.92 Å². The molecule has 0 saturated carbocycles. The van der Waals surface area contributed by atoms with Crippen LogP contribution in [0.5, 0.6) is 0 Å². The van der Waals surface area contributed by atoms with Crippen molar-refractivity contribution in [3.05, 3.63) is 86.4 Å². The molecule has 0 aliphatic rings. The average Bonchev–Trinajstić information content (AvgIpc) is 3.37. The first-order valence-electron chi connectivity index (χ1n) is 9.42. The minimum atomic E-state index is -0.276. The predicted octanol–water partition coefficient (Wildman–Crippen LogP) is 3.61. The molecule has 0 atom stereocenters. The van der Waals surface area contributed by atoms with Gasteiger partial charge in [-0.05, 0) is 36.6 Å². The summed E-state index contributed by atoms with van der Waals surface area (Å²) in [6, 6.07) is 9.94. The number of amides is 1. The molecule has 4 aromatic rings. The fourth-order valence-corrected chi connectivity index (χ4v) is 4.05. The minimum Gasteiger partial charge on any atom is -0.361 e. The van der Waals surface area contributed by atoms with Crippen molar-refractivity contribution < 1.29 is 4.79 Å². The van der Waals surface area contributed by atoms with E-state index in [9.17, 15) is 9.59 Å². The number of carbonyl (C=O) groups excluding carboxylic acids is 1. The second-order valence-electron chi connectivity index (χ2n) is 7.12. The van der Waals surface area contributed by atoms with Gasteiger partial charge in [0.05, 0.1) is 17.7 Å². The number of rotatable bonds is 6. The van der Waals surface area contributed by atoms with Gasteiger partial charge < -0.3 is 14.5 Å². The van der Waals surface area contributed by atoms with Crippen LogP contribution < -0.4 is 5.56 Å². The highest BCUT2D eigenvalue weighted by atomic mass is 32.1. The number of carbonyl (C=O) groups is 1. The molecule has 0 unspecified atom stereocenters.